The summed E-state index contributed by atoms with van der Waals surface area (Å²) >= 11 is 0. The Morgan fingerprint density at radius 2 is 1.86 bits per heavy atom. The molecule has 5 rings (SSSR count). The summed E-state index contributed by atoms with van der Waals surface area (Å²) in [5, 5.41) is 12.9. The number of amides is 2. The highest BCUT2D eigenvalue weighted by Crippen LogP contribution is 2.28. The molecule has 2 aromatic carbocycles. The van der Waals surface area contributed by atoms with Gasteiger partial charge >= 0.3 is 5.69 Å². The molecular formula is C31H28F2N6O5. The van der Waals surface area contributed by atoms with Crippen LogP contribution in [0, 0.1) is 17.0 Å². The highest BCUT2D eigenvalue weighted by Gasteiger charge is 2.26. The van der Waals surface area contributed by atoms with Gasteiger partial charge in [-0.25, -0.2) is 18.1 Å². The minimum Gasteiger partial charge on any atom is -0.452 e. The number of aromatic nitrogens is 2. The Balaban J connectivity index is 1.42. The summed E-state index contributed by atoms with van der Waals surface area (Å²) in [6, 6.07) is 7.90. The standard InChI is InChI=1S/C31H28F2N6O5/c1-18(2)38-17-23(30(42)39(31(38)43)21-8-5-19(32)6-9-21)29(41)36-20-7-10-26(24(33)14-20)44-27-15-22(16-35-25(27)11-12-34)37-13-3-4-28(37)40/h5-12,14-18,34-35H,3-4,13H2,1-2H3,(H,36,41)/b25-11-,34-12?. The zero-order valence-corrected chi connectivity index (χ0v) is 23.8. The van der Waals surface area contributed by atoms with E-state index in [0.29, 0.717) is 30.8 Å². The van der Waals surface area contributed by atoms with Crippen molar-refractivity contribution in [3.8, 4) is 11.4 Å². The zero-order chi connectivity index (χ0) is 31.5. The molecule has 1 saturated heterocycles. The molecule has 11 nitrogen and oxygen atoms in total. The van der Waals surface area contributed by atoms with Gasteiger partial charge in [-0.15, -0.1) is 0 Å². The number of carbonyl (C=O) groups is 2. The molecule has 0 atom stereocenters. The number of anilines is 1. The van der Waals surface area contributed by atoms with Crippen LogP contribution in [0.4, 0.5) is 14.5 Å². The van der Waals surface area contributed by atoms with Gasteiger partial charge in [0.1, 0.15) is 11.4 Å². The van der Waals surface area contributed by atoms with E-state index < -0.39 is 34.8 Å². The third kappa shape index (κ3) is 5.98. The summed E-state index contributed by atoms with van der Waals surface area (Å²) in [7, 11) is 0. The van der Waals surface area contributed by atoms with Gasteiger partial charge in [0.25, 0.3) is 11.5 Å². The van der Waals surface area contributed by atoms with Gasteiger partial charge in [-0.3, -0.25) is 19.0 Å². The van der Waals surface area contributed by atoms with Crippen LogP contribution in [0.2, 0.25) is 0 Å². The lowest BCUT2D eigenvalue weighted by Crippen LogP contribution is -2.42. The minimum absolute atomic E-state index is 0.00383. The highest BCUT2D eigenvalue weighted by atomic mass is 19.1. The van der Waals surface area contributed by atoms with E-state index in [-0.39, 0.29) is 34.4 Å². The average molecular weight is 603 g/mol. The van der Waals surface area contributed by atoms with Gasteiger partial charge in [-0.2, -0.15) is 0 Å². The van der Waals surface area contributed by atoms with Crippen molar-refractivity contribution in [1.82, 2.24) is 19.4 Å². The Morgan fingerprint density at radius 3 is 2.50 bits per heavy atom. The molecule has 2 aliphatic heterocycles. The molecule has 2 aliphatic rings. The molecule has 3 aromatic rings. The lowest BCUT2D eigenvalue weighted by atomic mass is 10.2. The summed E-state index contributed by atoms with van der Waals surface area (Å²) < 4.78 is 36.5. The van der Waals surface area contributed by atoms with E-state index in [1.54, 1.807) is 31.0 Å². The Bertz CT molecular complexity index is 1870. The van der Waals surface area contributed by atoms with Crippen LogP contribution in [0.25, 0.3) is 5.69 Å². The summed E-state index contributed by atoms with van der Waals surface area (Å²) in [5.41, 5.74) is -1.06. The van der Waals surface area contributed by atoms with Crippen LogP contribution < -0.4 is 26.6 Å². The quantitative estimate of drug-likeness (QED) is 0.334. The molecule has 3 N–H and O–H groups in total. The Kier molecular flexibility index (Phi) is 8.38. The van der Waals surface area contributed by atoms with Crippen molar-refractivity contribution in [2.24, 2.45) is 0 Å². The third-order valence-electron chi connectivity index (χ3n) is 6.96. The van der Waals surface area contributed by atoms with Gasteiger partial charge in [-0.05, 0) is 62.7 Å². The molecule has 1 aromatic heterocycles. The highest BCUT2D eigenvalue weighted by molar-refractivity contribution is 6.03. The number of carbonyl (C=O) groups excluding carboxylic acids is 2. The van der Waals surface area contributed by atoms with Crippen LogP contribution in [-0.2, 0) is 4.79 Å². The number of ether oxygens (including phenoxy) is 1. The predicted molar refractivity (Wildman–Crippen MR) is 159 cm³/mol. The number of dihydropyridines is 1. The first-order valence-electron chi connectivity index (χ1n) is 13.7. The van der Waals surface area contributed by atoms with Crippen LogP contribution in [-0.4, -0.2) is 38.6 Å². The normalized spacial score (nSPS) is 15.6. The smallest absolute Gasteiger partial charge is 0.335 e. The second-order valence-corrected chi connectivity index (χ2v) is 10.3. The van der Waals surface area contributed by atoms with Crippen LogP contribution in [0.15, 0.2) is 93.8 Å². The third-order valence-corrected chi connectivity index (χ3v) is 6.96. The van der Waals surface area contributed by atoms with Gasteiger partial charge in [0.05, 0.1) is 17.1 Å². The number of allylic oxidation sites excluding steroid dienone is 2. The van der Waals surface area contributed by atoms with Crippen LogP contribution in [0.1, 0.15) is 43.1 Å². The maximum absolute atomic E-state index is 15.2. The minimum atomic E-state index is -0.931. The number of rotatable bonds is 8. The molecule has 0 bridgehead atoms. The second-order valence-electron chi connectivity index (χ2n) is 10.3. The van der Waals surface area contributed by atoms with Gasteiger partial charge in [0, 0.05) is 55.4 Å². The fraction of sp³-hybridized carbons (Fsp3) is 0.194. The van der Waals surface area contributed by atoms with Crippen molar-refractivity contribution >= 4 is 23.7 Å². The van der Waals surface area contributed by atoms with E-state index in [4.69, 9.17) is 10.1 Å². The molecule has 0 spiro atoms. The molecule has 2 amide bonds. The summed E-state index contributed by atoms with van der Waals surface area (Å²) in [5.74, 6) is -2.39. The van der Waals surface area contributed by atoms with E-state index in [0.717, 1.165) is 35.2 Å². The Hall–Kier alpha value is -5.59. The Labute approximate surface area is 249 Å². The van der Waals surface area contributed by atoms with E-state index >= 15 is 4.39 Å². The molecule has 3 heterocycles. The Morgan fingerprint density at radius 1 is 1.11 bits per heavy atom. The first-order valence-corrected chi connectivity index (χ1v) is 13.7. The van der Waals surface area contributed by atoms with Crippen LogP contribution in [0.5, 0.6) is 5.75 Å². The van der Waals surface area contributed by atoms with Crippen LogP contribution in [0.3, 0.4) is 0 Å². The van der Waals surface area contributed by atoms with Gasteiger partial charge in [0.15, 0.2) is 17.3 Å². The molecule has 1 fully saturated rings. The lowest BCUT2D eigenvalue weighted by molar-refractivity contribution is -0.125. The van der Waals surface area contributed by atoms with Crippen molar-refractivity contribution in [1.29, 1.82) is 5.41 Å². The number of halogens is 2. The van der Waals surface area contributed by atoms with E-state index in [2.05, 4.69) is 10.6 Å². The molecule has 44 heavy (non-hydrogen) atoms. The van der Waals surface area contributed by atoms with Crippen molar-refractivity contribution in [3.63, 3.8) is 0 Å². The molecule has 0 aliphatic carbocycles. The average Bonchev–Trinajstić information content (AvgIpc) is 3.42. The first kappa shape index (κ1) is 29.9. The fourth-order valence-corrected chi connectivity index (χ4v) is 4.75. The van der Waals surface area contributed by atoms with Crippen LogP contribution >= 0.6 is 0 Å². The second kappa shape index (κ2) is 12.3. The number of benzene rings is 2. The predicted octanol–water partition coefficient (Wildman–Crippen LogP) is 3.97. The van der Waals surface area contributed by atoms with Crippen molar-refractivity contribution in [3.05, 3.63) is 122 Å². The van der Waals surface area contributed by atoms with Crippen molar-refractivity contribution < 1.29 is 23.1 Å². The molecule has 0 unspecified atom stereocenters. The zero-order valence-electron chi connectivity index (χ0n) is 23.8. The van der Waals surface area contributed by atoms with Gasteiger partial charge < -0.3 is 25.7 Å². The number of hydrogen-bond donors (Lipinski definition) is 3. The lowest BCUT2D eigenvalue weighted by Gasteiger charge is -2.24. The summed E-state index contributed by atoms with van der Waals surface area (Å²) in [6.07, 6.45) is 7.88. The molecule has 0 saturated carbocycles. The largest absolute Gasteiger partial charge is 0.452 e. The number of nitrogens with zero attached hydrogens (tertiary/aromatic N) is 3. The van der Waals surface area contributed by atoms with E-state index in [9.17, 15) is 23.6 Å². The first-order chi connectivity index (χ1) is 21.1. The monoisotopic (exact) mass is 602 g/mol. The topological polar surface area (TPSA) is 139 Å². The molecule has 13 heteroatoms. The summed E-state index contributed by atoms with van der Waals surface area (Å²) in [6.45, 7) is 3.92. The van der Waals surface area contributed by atoms with Gasteiger partial charge in [0.2, 0.25) is 5.91 Å². The molecule has 0 radical (unpaired) electrons. The van der Waals surface area contributed by atoms with Crippen molar-refractivity contribution in [2.45, 2.75) is 32.7 Å². The molecule has 226 valence electrons. The molecular weight excluding hydrogens is 574 g/mol. The number of nitrogens with one attached hydrogen (secondary N) is 3. The SMILES string of the molecule is CC(C)n1cc(C(=O)Nc2ccc(OC3=CC(N4CCCC4=O)=CN/C3=C\C=N)c(F)c2)c(=O)n(-c2ccc(F)cc2)c1=O. The summed E-state index contributed by atoms with van der Waals surface area (Å²) in [4.78, 5) is 53.4. The van der Waals surface area contributed by atoms with E-state index in [1.165, 1.54) is 34.9 Å². The fourth-order valence-electron chi connectivity index (χ4n) is 4.75. The maximum atomic E-state index is 15.2. The number of hydrogen-bond acceptors (Lipinski definition) is 7. The van der Waals surface area contributed by atoms with Crippen molar-refractivity contribution in [2.75, 3.05) is 11.9 Å². The maximum Gasteiger partial charge on any atom is 0.335 e. The van der Waals surface area contributed by atoms with Gasteiger partial charge in [-0.1, -0.05) is 0 Å². The number of likely N-dealkylation sites (tertiary alicyclic amines) is 1. The van der Waals surface area contributed by atoms with E-state index in [1.807, 2.05) is 0 Å².